The lowest BCUT2D eigenvalue weighted by molar-refractivity contribution is -0.385. The summed E-state index contributed by atoms with van der Waals surface area (Å²) in [4.78, 5) is 40.9. The number of aromatic nitrogens is 4. The Morgan fingerprint density at radius 1 is 0.745 bits per heavy atom. The van der Waals surface area contributed by atoms with E-state index in [1.54, 1.807) is 36.4 Å². The number of anilines is 3. The molecule has 2 aromatic heterocycles. The molecule has 4 aromatic rings. The molecule has 0 spiro atoms. The van der Waals surface area contributed by atoms with E-state index in [1.807, 2.05) is 20.2 Å². The highest BCUT2D eigenvalue weighted by Crippen LogP contribution is 2.21. The predicted molar refractivity (Wildman–Crippen MR) is 186 cm³/mol. The van der Waals surface area contributed by atoms with Gasteiger partial charge in [0.15, 0.2) is 0 Å². The van der Waals surface area contributed by atoms with Crippen LogP contribution in [-0.4, -0.2) is 94.0 Å². The smallest absolute Gasteiger partial charge is 0.292 e. The molecule has 0 saturated heterocycles. The number of para-hydroxylation sites is 3. The Hall–Kier alpha value is -4.99. The van der Waals surface area contributed by atoms with Crippen LogP contribution >= 0.6 is 11.6 Å². The third kappa shape index (κ3) is 15.7. The summed E-state index contributed by atoms with van der Waals surface area (Å²) in [7, 11) is 8.19. The van der Waals surface area contributed by atoms with E-state index in [2.05, 4.69) is 54.5 Å². The second-order valence-corrected chi connectivity index (χ2v) is 11.1. The van der Waals surface area contributed by atoms with Crippen molar-refractivity contribution in [3.8, 4) is 0 Å². The van der Waals surface area contributed by atoms with Crippen LogP contribution in [-0.2, 0) is 6.42 Å². The molecule has 252 valence electrons. The summed E-state index contributed by atoms with van der Waals surface area (Å²) in [5.74, 6) is 1.52. The van der Waals surface area contributed by atoms with Gasteiger partial charge in [-0.1, -0.05) is 41.9 Å². The van der Waals surface area contributed by atoms with Crippen LogP contribution in [0, 0.1) is 20.2 Å². The monoisotopic (exact) mass is 667 g/mol. The molecule has 0 fully saturated rings. The molecule has 0 unspecified atom stereocenters. The van der Waals surface area contributed by atoms with Crippen LogP contribution in [0.2, 0.25) is 5.15 Å². The maximum atomic E-state index is 11.1. The molecule has 2 heterocycles. The first kappa shape index (κ1) is 38.2. The zero-order chi connectivity index (χ0) is 34.6. The molecule has 0 atom stereocenters. The Labute approximate surface area is 279 Å². The molecule has 16 heteroatoms. The number of nitro benzene ring substituents is 2. The van der Waals surface area contributed by atoms with Gasteiger partial charge in [0, 0.05) is 49.3 Å². The number of nitrogens with two attached hydrogens (primary N) is 1. The van der Waals surface area contributed by atoms with Gasteiger partial charge in [0.25, 0.3) is 11.4 Å². The first-order valence-electron chi connectivity index (χ1n) is 14.7. The van der Waals surface area contributed by atoms with Crippen LogP contribution in [0.15, 0.2) is 73.3 Å². The predicted octanol–water partition coefficient (Wildman–Crippen LogP) is 5.01. The molecule has 0 saturated carbocycles. The Morgan fingerprint density at radius 2 is 1.26 bits per heavy atom. The number of nitro groups is 2. The standard InChI is InChI=1S/C16H21N5O2.C9H15ClN4.C6H6N2O2/c1-20(2)9-5-8-17-16-11-14(18-12-19-16)10-13-6-3-4-7-15(13)21(22)23;1-14(2)5-3-4-11-9-6-8(10)12-7-13-9;7-5-3-1-2-4-6(5)8(9)10/h3-4,6-7,11-12H,5,8-10H2,1-2H3,(H,17,18,19);6-7H,3-5H2,1-2H3,(H,11,12,13);1-4H,7H2. The Morgan fingerprint density at radius 3 is 1.77 bits per heavy atom. The van der Waals surface area contributed by atoms with Crippen molar-refractivity contribution in [3.05, 3.63) is 110 Å². The summed E-state index contributed by atoms with van der Waals surface area (Å²) in [6.07, 6.45) is 5.44. The molecule has 0 aliphatic heterocycles. The summed E-state index contributed by atoms with van der Waals surface area (Å²) < 4.78 is 0. The number of benzene rings is 2. The van der Waals surface area contributed by atoms with Gasteiger partial charge >= 0.3 is 0 Å². The van der Waals surface area contributed by atoms with E-state index in [4.69, 9.17) is 17.3 Å². The van der Waals surface area contributed by atoms with Gasteiger partial charge in [-0.2, -0.15) is 0 Å². The van der Waals surface area contributed by atoms with Crippen molar-refractivity contribution in [3.63, 3.8) is 0 Å². The third-order valence-corrected chi connectivity index (χ3v) is 6.43. The molecule has 0 bridgehead atoms. The van der Waals surface area contributed by atoms with Gasteiger partial charge in [0.1, 0.15) is 35.1 Å². The van der Waals surface area contributed by atoms with E-state index < -0.39 is 4.92 Å². The fraction of sp³-hybridized carbons (Fsp3) is 0.355. The number of nitrogen functional groups attached to an aromatic ring is 1. The van der Waals surface area contributed by atoms with Gasteiger partial charge in [0.05, 0.1) is 15.5 Å². The number of halogens is 1. The van der Waals surface area contributed by atoms with Crippen LogP contribution in [0.3, 0.4) is 0 Å². The third-order valence-electron chi connectivity index (χ3n) is 6.23. The molecule has 47 heavy (non-hydrogen) atoms. The zero-order valence-electron chi connectivity index (χ0n) is 27.0. The molecular weight excluding hydrogens is 626 g/mol. The highest BCUT2D eigenvalue weighted by atomic mass is 35.5. The van der Waals surface area contributed by atoms with Gasteiger partial charge < -0.3 is 26.2 Å². The number of rotatable bonds is 14. The average Bonchev–Trinajstić information content (AvgIpc) is 3.02. The van der Waals surface area contributed by atoms with E-state index in [9.17, 15) is 20.2 Å². The van der Waals surface area contributed by atoms with Crippen molar-refractivity contribution in [2.45, 2.75) is 19.3 Å². The lowest BCUT2D eigenvalue weighted by Gasteiger charge is -2.10. The Bertz CT molecular complexity index is 1540. The Kier molecular flexibility index (Phi) is 17.0. The molecule has 0 radical (unpaired) electrons. The fourth-order valence-electron chi connectivity index (χ4n) is 3.93. The van der Waals surface area contributed by atoms with E-state index in [0.717, 1.165) is 56.4 Å². The molecule has 0 aliphatic rings. The van der Waals surface area contributed by atoms with Gasteiger partial charge in [-0.3, -0.25) is 20.2 Å². The maximum absolute atomic E-state index is 11.1. The first-order chi connectivity index (χ1) is 22.5. The fourth-order valence-corrected chi connectivity index (χ4v) is 4.08. The molecular formula is C31H42ClN11O4. The minimum absolute atomic E-state index is 0.0394. The zero-order valence-corrected chi connectivity index (χ0v) is 27.8. The minimum atomic E-state index is -0.505. The van der Waals surface area contributed by atoms with Crippen LogP contribution in [0.1, 0.15) is 24.1 Å². The van der Waals surface area contributed by atoms with Crippen LogP contribution in [0.4, 0.5) is 28.7 Å². The van der Waals surface area contributed by atoms with Crippen molar-refractivity contribution >= 4 is 40.3 Å². The van der Waals surface area contributed by atoms with Crippen LogP contribution < -0.4 is 16.4 Å². The number of nitrogens with one attached hydrogen (secondary N) is 2. The van der Waals surface area contributed by atoms with Gasteiger partial charge in [-0.05, 0) is 60.2 Å². The van der Waals surface area contributed by atoms with Crippen LogP contribution in [0.5, 0.6) is 0 Å². The lowest BCUT2D eigenvalue weighted by atomic mass is 10.1. The van der Waals surface area contributed by atoms with Crippen molar-refractivity contribution in [1.29, 1.82) is 0 Å². The summed E-state index contributed by atoms with van der Waals surface area (Å²) in [5.41, 5.74) is 6.96. The second kappa shape index (κ2) is 20.9. The van der Waals surface area contributed by atoms with E-state index in [0.29, 0.717) is 17.1 Å². The molecule has 4 N–H and O–H groups in total. The average molecular weight is 668 g/mol. The number of nitrogens with zero attached hydrogens (tertiary/aromatic N) is 8. The van der Waals surface area contributed by atoms with E-state index in [-0.39, 0.29) is 22.0 Å². The topological polar surface area (TPSA) is 194 Å². The first-order valence-corrected chi connectivity index (χ1v) is 15.1. The van der Waals surface area contributed by atoms with Gasteiger partial charge in [0.2, 0.25) is 0 Å². The summed E-state index contributed by atoms with van der Waals surface area (Å²) in [5, 5.41) is 28.1. The number of hydrogen-bond acceptors (Lipinski definition) is 13. The molecule has 2 aromatic carbocycles. The number of hydrogen-bond donors (Lipinski definition) is 3. The second-order valence-electron chi connectivity index (χ2n) is 10.7. The molecule has 4 rings (SSSR count). The summed E-state index contributed by atoms with van der Waals surface area (Å²) in [6, 6.07) is 16.4. The SMILES string of the molecule is CN(C)CCCNc1cc(Cc2ccccc2[N+](=O)[O-])ncn1.CN(C)CCCNc1cc(Cl)ncn1.Nc1ccccc1[N+](=O)[O-]. The van der Waals surface area contributed by atoms with E-state index in [1.165, 1.54) is 30.9 Å². The van der Waals surface area contributed by atoms with Crippen molar-refractivity contribution in [1.82, 2.24) is 29.7 Å². The van der Waals surface area contributed by atoms with Crippen molar-refractivity contribution in [2.24, 2.45) is 0 Å². The maximum Gasteiger partial charge on any atom is 0.292 e. The van der Waals surface area contributed by atoms with Crippen molar-refractivity contribution in [2.75, 3.05) is 70.7 Å². The Balaban J connectivity index is 0.000000271. The summed E-state index contributed by atoms with van der Waals surface area (Å²) in [6.45, 7) is 3.78. The normalized spacial score (nSPS) is 10.4. The quantitative estimate of drug-likeness (QED) is 0.0534. The van der Waals surface area contributed by atoms with E-state index >= 15 is 0 Å². The molecule has 15 nitrogen and oxygen atoms in total. The minimum Gasteiger partial charge on any atom is -0.393 e. The molecule has 0 amide bonds. The lowest BCUT2D eigenvalue weighted by Crippen LogP contribution is -2.16. The highest BCUT2D eigenvalue weighted by Gasteiger charge is 2.13. The summed E-state index contributed by atoms with van der Waals surface area (Å²) >= 11 is 5.71. The van der Waals surface area contributed by atoms with Gasteiger partial charge in [-0.15, -0.1) is 0 Å². The largest absolute Gasteiger partial charge is 0.393 e. The molecule has 0 aliphatic carbocycles. The van der Waals surface area contributed by atoms with Crippen molar-refractivity contribution < 1.29 is 9.85 Å². The van der Waals surface area contributed by atoms with Crippen LogP contribution in [0.25, 0.3) is 0 Å². The van der Waals surface area contributed by atoms with Gasteiger partial charge in [-0.25, -0.2) is 19.9 Å². The highest BCUT2D eigenvalue weighted by molar-refractivity contribution is 6.29.